The highest BCUT2D eigenvalue weighted by Gasteiger charge is 2.25. The number of rotatable bonds is 5. The van der Waals surface area contributed by atoms with Crippen LogP contribution in [0, 0.1) is 0 Å². The molecule has 2 N–H and O–H groups in total. The molecule has 0 saturated heterocycles. The van der Waals surface area contributed by atoms with Crippen LogP contribution in [0.15, 0.2) is 40.6 Å². The standard InChI is InChI=1S/C13H12ClNO4S2/c1-8(9-2-4-10(14)5-3-9)15-21(18,19)11-6-7-20-12(11)13(16)17/h2-8,15H,1H3,(H,16,17)/t8-/m1/s1. The Kier molecular flexibility index (Phi) is 4.67. The summed E-state index contributed by atoms with van der Waals surface area (Å²) in [7, 11) is -3.90. The minimum absolute atomic E-state index is 0.203. The smallest absolute Gasteiger partial charge is 0.347 e. The number of carboxylic acid groups (broad SMARTS) is 1. The molecule has 0 aliphatic carbocycles. The van der Waals surface area contributed by atoms with Crippen molar-refractivity contribution in [3.8, 4) is 0 Å². The summed E-state index contributed by atoms with van der Waals surface area (Å²) in [6.07, 6.45) is 0. The van der Waals surface area contributed by atoms with Crippen molar-refractivity contribution < 1.29 is 18.3 Å². The van der Waals surface area contributed by atoms with Crippen LogP contribution in [0.25, 0.3) is 0 Å². The van der Waals surface area contributed by atoms with Crippen molar-refractivity contribution in [3.05, 3.63) is 51.2 Å². The molecule has 1 aromatic carbocycles. The van der Waals surface area contributed by atoms with Crippen molar-refractivity contribution in [1.29, 1.82) is 0 Å². The number of halogens is 1. The van der Waals surface area contributed by atoms with Gasteiger partial charge in [-0.05, 0) is 36.1 Å². The number of thiophene rings is 1. The van der Waals surface area contributed by atoms with Crippen LogP contribution in [0.3, 0.4) is 0 Å². The highest BCUT2D eigenvalue weighted by Crippen LogP contribution is 2.24. The van der Waals surface area contributed by atoms with Gasteiger partial charge in [0.25, 0.3) is 0 Å². The van der Waals surface area contributed by atoms with E-state index in [1.165, 1.54) is 11.4 Å². The molecule has 0 aliphatic rings. The average Bonchev–Trinajstić information content (AvgIpc) is 2.89. The fraction of sp³-hybridized carbons (Fsp3) is 0.154. The quantitative estimate of drug-likeness (QED) is 0.872. The van der Waals surface area contributed by atoms with E-state index in [9.17, 15) is 13.2 Å². The van der Waals surface area contributed by atoms with Crippen LogP contribution in [0.5, 0.6) is 0 Å². The zero-order valence-electron chi connectivity index (χ0n) is 10.9. The Morgan fingerprint density at radius 3 is 2.48 bits per heavy atom. The van der Waals surface area contributed by atoms with Crippen LogP contribution < -0.4 is 4.72 Å². The van der Waals surface area contributed by atoms with Gasteiger partial charge in [-0.2, -0.15) is 0 Å². The van der Waals surface area contributed by atoms with Crippen LogP contribution in [0.4, 0.5) is 0 Å². The third-order valence-electron chi connectivity index (χ3n) is 2.81. The maximum absolute atomic E-state index is 12.3. The van der Waals surface area contributed by atoms with Crippen molar-refractivity contribution >= 4 is 38.9 Å². The molecule has 0 bridgehead atoms. The molecule has 0 aliphatic heterocycles. The molecule has 0 unspecified atom stereocenters. The molecule has 112 valence electrons. The first-order valence-corrected chi connectivity index (χ1v) is 8.64. The molecule has 0 spiro atoms. The van der Waals surface area contributed by atoms with Crippen LogP contribution in [-0.4, -0.2) is 19.5 Å². The molecule has 0 saturated carbocycles. The second-order valence-electron chi connectivity index (χ2n) is 4.31. The first-order chi connectivity index (χ1) is 9.81. The van der Waals surface area contributed by atoms with Crippen molar-refractivity contribution in [3.63, 3.8) is 0 Å². The maximum atomic E-state index is 12.3. The molecule has 0 fully saturated rings. The summed E-state index contributed by atoms with van der Waals surface area (Å²) >= 11 is 6.66. The Morgan fingerprint density at radius 2 is 1.90 bits per heavy atom. The fourth-order valence-electron chi connectivity index (χ4n) is 1.78. The summed E-state index contributed by atoms with van der Waals surface area (Å²) in [5.74, 6) is -1.26. The predicted molar refractivity (Wildman–Crippen MR) is 81.5 cm³/mol. The molecule has 21 heavy (non-hydrogen) atoms. The summed E-state index contributed by atoms with van der Waals surface area (Å²) in [4.78, 5) is 10.6. The van der Waals surface area contributed by atoms with Crippen molar-refractivity contribution in [2.24, 2.45) is 0 Å². The van der Waals surface area contributed by atoms with Gasteiger partial charge in [-0.25, -0.2) is 17.9 Å². The lowest BCUT2D eigenvalue weighted by Gasteiger charge is -2.14. The Labute approximate surface area is 131 Å². The molecule has 0 radical (unpaired) electrons. The number of nitrogens with one attached hydrogen (secondary N) is 1. The van der Waals surface area contributed by atoms with Crippen LogP contribution in [0.2, 0.25) is 5.02 Å². The number of hydrogen-bond donors (Lipinski definition) is 2. The summed E-state index contributed by atoms with van der Waals surface area (Å²) in [6, 6.07) is 7.52. The molecule has 5 nitrogen and oxygen atoms in total. The fourth-order valence-corrected chi connectivity index (χ4v) is 4.40. The van der Waals surface area contributed by atoms with E-state index in [0.29, 0.717) is 5.02 Å². The molecule has 2 rings (SSSR count). The molecule has 2 aromatic rings. The third kappa shape index (κ3) is 3.62. The molecule has 0 amide bonds. The van der Waals surface area contributed by atoms with Gasteiger partial charge in [0.2, 0.25) is 10.0 Å². The Bertz CT molecular complexity index is 753. The normalized spacial score (nSPS) is 13.0. The van der Waals surface area contributed by atoms with Crippen molar-refractivity contribution in [2.75, 3.05) is 0 Å². The number of hydrogen-bond acceptors (Lipinski definition) is 4. The molecular weight excluding hydrogens is 334 g/mol. The molecular formula is C13H12ClNO4S2. The second kappa shape index (κ2) is 6.15. The first-order valence-electron chi connectivity index (χ1n) is 5.90. The zero-order valence-corrected chi connectivity index (χ0v) is 13.3. The van der Waals surface area contributed by atoms with Gasteiger partial charge in [0.05, 0.1) is 0 Å². The van der Waals surface area contributed by atoms with Crippen LogP contribution in [-0.2, 0) is 10.0 Å². The van der Waals surface area contributed by atoms with E-state index in [4.69, 9.17) is 16.7 Å². The van der Waals surface area contributed by atoms with E-state index in [1.54, 1.807) is 31.2 Å². The van der Waals surface area contributed by atoms with Crippen LogP contribution >= 0.6 is 22.9 Å². The molecule has 1 atom stereocenters. The molecule has 8 heteroatoms. The largest absolute Gasteiger partial charge is 0.477 e. The van der Waals surface area contributed by atoms with E-state index >= 15 is 0 Å². The topological polar surface area (TPSA) is 83.5 Å². The van der Waals surface area contributed by atoms with E-state index in [0.717, 1.165) is 16.9 Å². The summed E-state index contributed by atoms with van der Waals surface area (Å²) in [5, 5.41) is 11.0. The van der Waals surface area contributed by atoms with Gasteiger partial charge in [-0.1, -0.05) is 23.7 Å². The average molecular weight is 346 g/mol. The lowest BCUT2D eigenvalue weighted by molar-refractivity contribution is 0.0698. The summed E-state index contributed by atoms with van der Waals surface area (Å²) < 4.78 is 27.0. The summed E-state index contributed by atoms with van der Waals surface area (Å²) in [6.45, 7) is 1.67. The van der Waals surface area contributed by atoms with Crippen LogP contribution in [0.1, 0.15) is 28.2 Å². The third-order valence-corrected chi connectivity index (χ3v) is 5.68. The van der Waals surface area contributed by atoms with Crippen molar-refractivity contribution in [2.45, 2.75) is 17.9 Å². The van der Waals surface area contributed by atoms with Crippen molar-refractivity contribution in [1.82, 2.24) is 4.72 Å². The monoisotopic (exact) mass is 345 g/mol. The molecule has 1 aromatic heterocycles. The van der Waals surface area contributed by atoms with Gasteiger partial charge in [0.15, 0.2) is 0 Å². The minimum atomic E-state index is -3.90. The first kappa shape index (κ1) is 16.0. The SMILES string of the molecule is C[C@@H](NS(=O)(=O)c1ccsc1C(=O)O)c1ccc(Cl)cc1. The second-order valence-corrected chi connectivity index (χ2v) is 7.35. The van der Waals surface area contributed by atoms with E-state index in [2.05, 4.69) is 4.72 Å². The molecule has 1 heterocycles. The van der Waals surface area contributed by atoms with E-state index in [1.807, 2.05) is 0 Å². The van der Waals surface area contributed by atoms with Gasteiger partial charge >= 0.3 is 5.97 Å². The van der Waals surface area contributed by atoms with Gasteiger partial charge in [0.1, 0.15) is 9.77 Å². The lowest BCUT2D eigenvalue weighted by Crippen LogP contribution is -2.27. The Morgan fingerprint density at radius 1 is 1.29 bits per heavy atom. The van der Waals surface area contributed by atoms with Gasteiger partial charge in [-0.15, -0.1) is 11.3 Å². The number of aromatic carboxylic acids is 1. The van der Waals surface area contributed by atoms with Gasteiger partial charge in [0, 0.05) is 11.1 Å². The summed E-state index contributed by atoms with van der Waals surface area (Å²) in [5.41, 5.74) is 0.732. The number of sulfonamides is 1. The number of benzene rings is 1. The highest BCUT2D eigenvalue weighted by atomic mass is 35.5. The predicted octanol–water partition coefficient (Wildman–Crippen LogP) is 3.14. The van der Waals surface area contributed by atoms with Gasteiger partial charge < -0.3 is 5.11 Å². The zero-order chi connectivity index (χ0) is 15.6. The Hall–Kier alpha value is -1.41. The highest BCUT2D eigenvalue weighted by molar-refractivity contribution is 7.89. The van der Waals surface area contributed by atoms with E-state index in [-0.39, 0.29) is 9.77 Å². The maximum Gasteiger partial charge on any atom is 0.347 e. The Balaban J connectivity index is 2.27. The minimum Gasteiger partial charge on any atom is -0.477 e. The van der Waals surface area contributed by atoms with E-state index < -0.39 is 22.0 Å². The van der Waals surface area contributed by atoms with Gasteiger partial charge in [-0.3, -0.25) is 0 Å². The number of carbonyl (C=O) groups is 1. The number of carboxylic acids is 1. The lowest BCUT2D eigenvalue weighted by atomic mass is 10.1.